The summed E-state index contributed by atoms with van der Waals surface area (Å²) in [4.78, 5) is 13.9. The Morgan fingerprint density at radius 2 is 1.87 bits per heavy atom. The average molecular weight is 229 g/mol. The number of hydrogen-bond donors (Lipinski definition) is 0. The van der Waals surface area contributed by atoms with Gasteiger partial charge in [-0.2, -0.15) is 0 Å². The van der Waals surface area contributed by atoms with Crippen LogP contribution in [0.5, 0.6) is 0 Å². The first kappa shape index (κ1) is 12.9. The smallest absolute Gasteiger partial charge is 0.281 e. The Labute approximate surface area is 97.8 Å². The first-order chi connectivity index (χ1) is 7.19. The summed E-state index contributed by atoms with van der Waals surface area (Å²) in [6, 6.07) is 0.512. The number of nitrogens with zero attached hydrogens (tertiary/aromatic N) is 1. The Kier molecular flexibility index (Phi) is 5.51. The Balaban J connectivity index is 2.47. The number of hydrogen-bond acceptors (Lipinski definition) is 2. The lowest BCUT2D eigenvalue weighted by Crippen LogP contribution is -2.40. The van der Waals surface area contributed by atoms with E-state index in [1.54, 1.807) is 0 Å². The maximum absolute atomic E-state index is 11.8. The summed E-state index contributed by atoms with van der Waals surface area (Å²) in [7, 11) is 0. The Hall–Kier alpha value is -0.180. The molecule has 0 aromatic heterocycles. The van der Waals surface area contributed by atoms with Crippen LogP contribution in [0, 0.1) is 5.92 Å². The topological polar surface area (TPSA) is 20.3 Å². The largest absolute Gasteiger partial charge is 0.331 e. The fourth-order valence-corrected chi connectivity index (χ4v) is 2.99. The molecule has 1 aliphatic carbocycles. The number of amides is 1. The number of thioether (sulfide) groups is 1. The molecular formula is C12H23NOS. The molecule has 0 saturated heterocycles. The monoisotopic (exact) mass is 229 g/mol. The highest BCUT2D eigenvalue weighted by Gasteiger charge is 2.26. The molecule has 0 heterocycles. The molecule has 0 aromatic rings. The third kappa shape index (κ3) is 3.71. The molecule has 0 atom stereocenters. The van der Waals surface area contributed by atoms with Gasteiger partial charge >= 0.3 is 0 Å². The van der Waals surface area contributed by atoms with Crippen molar-refractivity contribution in [1.29, 1.82) is 0 Å². The van der Waals surface area contributed by atoms with Crippen molar-refractivity contribution in [3.8, 4) is 0 Å². The van der Waals surface area contributed by atoms with E-state index in [1.807, 2.05) is 6.92 Å². The molecule has 0 aromatic carbocycles. The lowest BCUT2D eigenvalue weighted by molar-refractivity contribution is 0.169. The van der Waals surface area contributed by atoms with E-state index < -0.39 is 0 Å². The van der Waals surface area contributed by atoms with Crippen LogP contribution in [0.1, 0.15) is 46.5 Å². The van der Waals surface area contributed by atoms with Crippen molar-refractivity contribution < 1.29 is 4.79 Å². The Bertz CT molecular complexity index is 200. The summed E-state index contributed by atoms with van der Waals surface area (Å²) in [5, 5.41) is 0.277. The van der Waals surface area contributed by atoms with E-state index in [0.717, 1.165) is 18.2 Å². The predicted molar refractivity (Wildman–Crippen MR) is 67.3 cm³/mol. The minimum Gasteiger partial charge on any atom is -0.331 e. The maximum Gasteiger partial charge on any atom is 0.281 e. The highest BCUT2D eigenvalue weighted by atomic mass is 32.2. The minimum absolute atomic E-state index is 0.277. The van der Waals surface area contributed by atoms with Crippen molar-refractivity contribution in [2.45, 2.75) is 52.5 Å². The van der Waals surface area contributed by atoms with Crippen molar-refractivity contribution in [1.82, 2.24) is 4.90 Å². The Morgan fingerprint density at radius 1 is 1.27 bits per heavy atom. The highest BCUT2D eigenvalue weighted by Crippen LogP contribution is 2.28. The minimum atomic E-state index is 0.277. The summed E-state index contributed by atoms with van der Waals surface area (Å²) >= 11 is 1.45. The van der Waals surface area contributed by atoms with Crippen LogP contribution in [0.4, 0.5) is 4.79 Å². The van der Waals surface area contributed by atoms with Crippen molar-refractivity contribution >= 4 is 17.0 Å². The van der Waals surface area contributed by atoms with Crippen LogP contribution in [0.2, 0.25) is 0 Å². The van der Waals surface area contributed by atoms with Gasteiger partial charge in [0.15, 0.2) is 0 Å². The molecule has 0 spiro atoms. The van der Waals surface area contributed by atoms with Gasteiger partial charge in [0.1, 0.15) is 0 Å². The van der Waals surface area contributed by atoms with Gasteiger partial charge in [-0.3, -0.25) is 4.79 Å². The first-order valence-corrected chi connectivity index (χ1v) is 7.11. The van der Waals surface area contributed by atoms with Gasteiger partial charge < -0.3 is 4.90 Å². The van der Waals surface area contributed by atoms with E-state index in [2.05, 4.69) is 18.7 Å². The molecule has 1 rings (SSSR count). The first-order valence-electron chi connectivity index (χ1n) is 6.12. The zero-order valence-corrected chi connectivity index (χ0v) is 11.0. The van der Waals surface area contributed by atoms with E-state index in [4.69, 9.17) is 0 Å². The van der Waals surface area contributed by atoms with Crippen LogP contribution >= 0.6 is 11.8 Å². The summed E-state index contributed by atoms with van der Waals surface area (Å²) in [5.74, 6) is 1.74. The molecule has 1 saturated carbocycles. The molecule has 0 N–H and O–H groups in total. The highest BCUT2D eigenvalue weighted by molar-refractivity contribution is 8.13. The molecule has 1 amide bonds. The van der Waals surface area contributed by atoms with Crippen molar-refractivity contribution in [3.63, 3.8) is 0 Å². The van der Waals surface area contributed by atoms with Gasteiger partial charge in [0.05, 0.1) is 0 Å². The van der Waals surface area contributed by atoms with Crippen molar-refractivity contribution in [2.75, 3.05) is 12.3 Å². The molecule has 1 fully saturated rings. The number of carbonyl (C=O) groups is 1. The zero-order valence-electron chi connectivity index (χ0n) is 10.2. The fourth-order valence-electron chi connectivity index (χ4n) is 2.30. The molecule has 0 bridgehead atoms. The van der Waals surface area contributed by atoms with Crippen LogP contribution in [-0.2, 0) is 0 Å². The van der Waals surface area contributed by atoms with E-state index in [9.17, 15) is 4.79 Å². The van der Waals surface area contributed by atoms with Crippen LogP contribution in [0.3, 0.4) is 0 Å². The molecule has 2 nitrogen and oxygen atoms in total. The Morgan fingerprint density at radius 3 is 2.33 bits per heavy atom. The zero-order chi connectivity index (χ0) is 11.3. The molecule has 88 valence electrons. The van der Waals surface area contributed by atoms with E-state index in [-0.39, 0.29) is 5.24 Å². The van der Waals surface area contributed by atoms with Gasteiger partial charge in [-0.05, 0) is 44.3 Å². The van der Waals surface area contributed by atoms with Crippen LogP contribution in [0.25, 0.3) is 0 Å². The van der Waals surface area contributed by atoms with Gasteiger partial charge in [0, 0.05) is 12.6 Å². The van der Waals surface area contributed by atoms with Gasteiger partial charge in [0.25, 0.3) is 5.24 Å². The van der Waals surface area contributed by atoms with E-state index in [1.165, 1.54) is 37.4 Å². The van der Waals surface area contributed by atoms with Gasteiger partial charge in [-0.1, -0.05) is 25.6 Å². The lowest BCUT2D eigenvalue weighted by Gasteiger charge is -2.35. The van der Waals surface area contributed by atoms with E-state index >= 15 is 0 Å². The second kappa shape index (κ2) is 6.41. The summed E-state index contributed by atoms with van der Waals surface area (Å²) in [6.07, 6.45) is 4.96. The van der Waals surface area contributed by atoms with Gasteiger partial charge in [-0.15, -0.1) is 0 Å². The maximum atomic E-state index is 11.8. The van der Waals surface area contributed by atoms with Crippen LogP contribution < -0.4 is 0 Å². The van der Waals surface area contributed by atoms with Gasteiger partial charge in [0.2, 0.25) is 0 Å². The molecule has 0 aliphatic heterocycles. The second-order valence-corrected chi connectivity index (χ2v) is 5.61. The summed E-state index contributed by atoms with van der Waals surface area (Å²) < 4.78 is 0. The molecule has 3 heteroatoms. The normalized spacial score (nSPS) is 26.3. The van der Waals surface area contributed by atoms with Crippen LogP contribution in [0.15, 0.2) is 0 Å². The molecule has 1 aliphatic rings. The van der Waals surface area contributed by atoms with Crippen molar-refractivity contribution in [3.05, 3.63) is 0 Å². The fraction of sp³-hybridized carbons (Fsp3) is 0.917. The summed E-state index contributed by atoms with van der Waals surface area (Å²) in [6.45, 7) is 7.31. The number of rotatable bonds is 3. The average Bonchev–Trinajstić information content (AvgIpc) is 2.22. The predicted octanol–water partition coefficient (Wildman–Crippen LogP) is 3.76. The lowest BCUT2D eigenvalue weighted by atomic mass is 9.87. The number of carbonyl (C=O) groups excluding carboxylic acids is 1. The third-order valence-corrected chi connectivity index (χ3v) is 4.04. The molecular weight excluding hydrogens is 206 g/mol. The van der Waals surface area contributed by atoms with Gasteiger partial charge in [-0.25, -0.2) is 0 Å². The molecule has 0 unspecified atom stereocenters. The second-order valence-electron chi connectivity index (χ2n) is 4.40. The molecule has 15 heavy (non-hydrogen) atoms. The van der Waals surface area contributed by atoms with Crippen molar-refractivity contribution in [2.24, 2.45) is 5.92 Å². The van der Waals surface area contributed by atoms with E-state index in [0.29, 0.717) is 6.04 Å². The van der Waals surface area contributed by atoms with Crippen LogP contribution in [-0.4, -0.2) is 28.5 Å². The quantitative estimate of drug-likeness (QED) is 0.734. The standard InChI is InChI=1S/C12H23NOS/c1-4-13(12(14)15-5-2)11-8-6-10(3)7-9-11/h10-11H,4-9H2,1-3H3. The third-order valence-electron chi connectivity index (χ3n) is 3.27. The summed E-state index contributed by atoms with van der Waals surface area (Å²) in [5.41, 5.74) is 0. The molecule has 0 radical (unpaired) electrons. The SMILES string of the molecule is CCSC(=O)N(CC)C1CCC(C)CC1.